The molecule has 1 aromatic carbocycles. The number of thiazole rings is 1. The van der Waals surface area contributed by atoms with Gasteiger partial charge in [-0.15, -0.1) is 0 Å². The Balaban J connectivity index is 0.000000200. The van der Waals surface area contributed by atoms with Crippen LogP contribution in [0.4, 0.5) is 0 Å². The molecule has 20 heavy (non-hydrogen) atoms. The summed E-state index contributed by atoms with van der Waals surface area (Å²) in [5.41, 5.74) is 6.08. The molecule has 2 aromatic rings. The van der Waals surface area contributed by atoms with Crippen LogP contribution in [0.25, 0.3) is 10.2 Å². The molecule has 110 valence electrons. The van der Waals surface area contributed by atoms with Gasteiger partial charge in [-0.1, -0.05) is 50.2 Å². The number of benzene rings is 1. The van der Waals surface area contributed by atoms with Gasteiger partial charge in [-0.2, -0.15) is 0 Å². The summed E-state index contributed by atoms with van der Waals surface area (Å²) in [5.74, 6) is -0.0316. The number of nitrogens with two attached hydrogens (primary N) is 1. The molecule has 0 saturated carbocycles. The van der Waals surface area contributed by atoms with Crippen LogP contribution in [0.5, 0.6) is 0 Å². The number of hydrogen-bond donors (Lipinski definition) is 2. The molecule has 4 nitrogen and oxygen atoms in total. The summed E-state index contributed by atoms with van der Waals surface area (Å²) in [6, 6.07) is 7.65. The Bertz CT molecular complexity index is 553. The number of hydrogen-bond acceptors (Lipinski definition) is 3. The van der Waals surface area contributed by atoms with E-state index in [1.54, 1.807) is 0 Å². The smallest absolute Gasteiger partial charge is 0.305 e. The fraction of sp³-hybridized carbons (Fsp3) is 0.467. The number of aromatic nitrogens is 1. The van der Waals surface area contributed by atoms with E-state index in [0.717, 1.165) is 35.9 Å². The molecule has 1 aromatic heterocycles. The molecule has 1 atom stereocenters. The third-order valence-electron chi connectivity index (χ3n) is 3.13. The molecule has 0 aliphatic rings. The van der Waals surface area contributed by atoms with Gasteiger partial charge in [-0.3, -0.25) is 9.59 Å². The summed E-state index contributed by atoms with van der Waals surface area (Å²) in [4.78, 5) is 24.1. The highest BCUT2D eigenvalue weighted by atomic mass is 32.1. The number of para-hydroxylation sites is 1. The maximum absolute atomic E-state index is 10.8. The lowest BCUT2D eigenvalue weighted by atomic mass is 9.99. The molecule has 1 amide bonds. The monoisotopic (exact) mass is 294 g/mol. The number of nitrogens with one attached hydrogen (secondary N) is 1. The first-order valence-electron chi connectivity index (χ1n) is 6.95. The topological polar surface area (TPSA) is 76.0 Å². The summed E-state index contributed by atoms with van der Waals surface area (Å²) in [6.45, 7) is 4.12. The zero-order valence-electron chi connectivity index (χ0n) is 12.0. The van der Waals surface area contributed by atoms with Crippen LogP contribution in [-0.4, -0.2) is 10.9 Å². The van der Waals surface area contributed by atoms with Crippen LogP contribution in [0, 0.1) is 5.92 Å². The van der Waals surface area contributed by atoms with Crippen molar-refractivity contribution in [3.05, 3.63) is 33.9 Å². The zero-order chi connectivity index (χ0) is 15.0. The van der Waals surface area contributed by atoms with Gasteiger partial charge in [-0.25, -0.2) is 0 Å². The molecule has 1 heterocycles. The first-order valence-corrected chi connectivity index (χ1v) is 7.77. The first-order chi connectivity index (χ1) is 9.58. The van der Waals surface area contributed by atoms with E-state index in [9.17, 15) is 9.59 Å². The number of amides is 1. The largest absolute Gasteiger partial charge is 0.369 e. The fourth-order valence-electron chi connectivity index (χ4n) is 1.89. The zero-order valence-corrected chi connectivity index (χ0v) is 12.8. The van der Waals surface area contributed by atoms with Crippen LogP contribution in [-0.2, 0) is 4.79 Å². The predicted molar refractivity (Wildman–Crippen MR) is 84.9 cm³/mol. The Kier molecular flexibility index (Phi) is 7.01. The standard InChI is InChI=1S/C8H17NO.C7H5NOS/c1-3-5-6-7(4-2)8(9)10;9-7-8-5-3-1-2-4-6(5)10-7/h7H,3-6H2,1-2H3,(H2,9,10);1-4H,(H,8,9). The lowest BCUT2D eigenvalue weighted by molar-refractivity contribution is -0.122. The van der Waals surface area contributed by atoms with E-state index >= 15 is 0 Å². The summed E-state index contributed by atoms with van der Waals surface area (Å²) >= 11 is 1.24. The predicted octanol–water partition coefficient (Wildman–Crippen LogP) is 3.28. The van der Waals surface area contributed by atoms with Crippen molar-refractivity contribution < 1.29 is 4.79 Å². The van der Waals surface area contributed by atoms with Gasteiger partial charge in [0.1, 0.15) is 0 Å². The molecule has 0 saturated heterocycles. The van der Waals surface area contributed by atoms with Gasteiger partial charge in [0, 0.05) is 5.92 Å². The third-order valence-corrected chi connectivity index (χ3v) is 3.99. The van der Waals surface area contributed by atoms with Gasteiger partial charge in [0.15, 0.2) is 0 Å². The van der Waals surface area contributed by atoms with Crippen LogP contribution in [0.2, 0.25) is 0 Å². The van der Waals surface area contributed by atoms with Crippen molar-refractivity contribution in [2.24, 2.45) is 11.7 Å². The van der Waals surface area contributed by atoms with E-state index in [4.69, 9.17) is 5.73 Å². The van der Waals surface area contributed by atoms with Gasteiger partial charge in [-0.05, 0) is 25.0 Å². The second-order valence-corrected chi connectivity index (χ2v) is 5.68. The molecular weight excluding hydrogens is 272 g/mol. The van der Waals surface area contributed by atoms with Crippen LogP contribution in [0.1, 0.15) is 39.5 Å². The number of H-pyrrole nitrogens is 1. The van der Waals surface area contributed by atoms with Crippen LogP contribution in [0.15, 0.2) is 29.1 Å². The molecule has 0 spiro atoms. The van der Waals surface area contributed by atoms with Gasteiger partial charge < -0.3 is 10.7 Å². The molecule has 1 unspecified atom stereocenters. The number of carbonyl (C=O) groups excluding carboxylic acids is 1. The van der Waals surface area contributed by atoms with Gasteiger partial charge in [0.25, 0.3) is 0 Å². The van der Waals surface area contributed by atoms with E-state index in [1.165, 1.54) is 11.3 Å². The second kappa shape index (κ2) is 8.53. The summed E-state index contributed by atoms with van der Waals surface area (Å²) in [6.07, 6.45) is 4.10. The summed E-state index contributed by atoms with van der Waals surface area (Å²) < 4.78 is 1.02. The van der Waals surface area contributed by atoms with Crippen molar-refractivity contribution in [2.75, 3.05) is 0 Å². The number of aromatic amines is 1. The fourth-order valence-corrected chi connectivity index (χ4v) is 2.63. The average Bonchev–Trinajstić information content (AvgIpc) is 2.80. The molecule has 0 radical (unpaired) electrons. The number of fused-ring (bicyclic) bond motifs is 1. The molecule has 0 bridgehead atoms. The highest BCUT2D eigenvalue weighted by Crippen LogP contribution is 2.12. The highest BCUT2D eigenvalue weighted by Gasteiger charge is 2.10. The van der Waals surface area contributed by atoms with E-state index in [2.05, 4.69) is 11.9 Å². The van der Waals surface area contributed by atoms with Crippen LogP contribution >= 0.6 is 11.3 Å². The number of unbranched alkanes of at least 4 members (excludes halogenated alkanes) is 1. The van der Waals surface area contributed by atoms with E-state index in [1.807, 2.05) is 31.2 Å². The Hall–Kier alpha value is -1.62. The maximum Gasteiger partial charge on any atom is 0.305 e. The van der Waals surface area contributed by atoms with Gasteiger partial charge >= 0.3 is 4.87 Å². The normalized spacial score (nSPS) is 11.7. The first kappa shape index (κ1) is 16.4. The SMILES string of the molecule is CCCCC(CC)C(N)=O.O=c1[nH]c2ccccc2s1. The van der Waals surface area contributed by atoms with Crippen molar-refractivity contribution >= 4 is 27.5 Å². The minimum Gasteiger partial charge on any atom is -0.369 e. The lowest BCUT2D eigenvalue weighted by Crippen LogP contribution is -2.22. The van der Waals surface area contributed by atoms with Crippen molar-refractivity contribution in [3.63, 3.8) is 0 Å². The Morgan fingerprint density at radius 2 is 2.05 bits per heavy atom. The molecule has 3 N–H and O–H groups in total. The number of carbonyl (C=O) groups is 1. The van der Waals surface area contributed by atoms with E-state index in [0.29, 0.717) is 0 Å². The summed E-state index contributed by atoms with van der Waals surface area (Å²) in [5, 5.41) is 0. The molecule has 0 aliphatic heterocycles. The Morgan fingerprint density at radius 1 is 1.35 bits per heavy atom. The van der Waals surface area contributed by atoms with E-state index in [-0.39, 0.29) is 16.7 Å². The molecule has 0 aliphatic carbocycles. The maximum atomic E-state index is 10.8. The quantitative estimate of drug-likeness (QED) is 0.888. The van der Waals surface area contributed by atoms with Crippen LogP contribution in [0.3, 0.4) is 0 Å². The average molecular weight is 294 g/mol. The molecular formula is C15H22N2O2S. The molecule has 5 heteroatoms. The molecule has 0 fully saturated rings. The minimum atomic E-state index is -0.143. The second-order valence-electron chi connectivity index (χ2n) is 4.66. The lowest BCUT2D eigenvalue weighted by Gasteiger charge is -2.08. The summed E-state index contributed by atoms with van der Waals surface area (Å²) in [7, 11) is 0. The van der Waals surface area contributed by atoms with Crippen molar-refractivity contribution in [2.45, 2.75) is 39.5 Å². The molecule has 2 rings (SSSR count). The Labute approximate surface area is 123 Å². The van der Waals surface area contributed by atoms with E-state index < -0.39 is 0 Å². The number of primary amides is 1. The van der Waals surface area contributed by atoms with Crippen molar-refractivity contribution in [1.29, 1.82) is 0 Å². The number of rotatable bonds is 5. The Morgan fingerprint density at radius 3 is 2.60 bits per heavy atom. The highest BCUT2D eigenvalue weighted by molar-refractivity contribution is 7.16. The third kappa shape index (κ3) is 5.17. The minimum absolute atomic E-state index is 0.0150. The van der Waals surface area contributed by atoms with Gasteiger partial charge in [0.05, 0.1) is 10.2 Å². The van der Waals surface area contributed by atoms with Crippen LogP contribution < -0.4 is 10.6 Å². The van der Waals surface area contributed by atoms with Crippen molar-refractivity contribution in [1.82, 2.24) is 4.98 Å². The van der Waals surface area contributed by atoms with Gasteiger partial charge in [0.2, 0.25) is 5.91 Å². The van der Waals surface area contributed by atoms with Crippen molar-refractivity contribution in [3.8, 4) is 0 Å².